The van der Waals surface area contributed by atoms with Gasteiger partial charge in [-0.3, -0.25) is 4.79 Å². The molecule has 2 rings (SSSR count). The van der Waals surface area contributed by atoms with Gasteiger partial charge in [-0.2, -0.15) is 0 Å². The molecule has 0 heterocycles. The number of hydrogen-bond donors (Lipinski definition) is 2. The number of carbonyl (C=O) groups is 2. The molecule has 1 aliphatic rings. The van der Waals surface area contributed by atoms with Gasteiger partial charge < -0.3 is 10.4 Å². The van der Waals surface area contributed by atoms with Crippen molar-refractivity contribution in [1.82, 2.24) is 5.32 Å². The highest BCUT2D eigenvalue weighted by molar-refractivity contribution is 7.98. The first-order chi connectivity index (χ1) is 8.57. The minimum Gasteiger partial charge on any atom is -0.480 e. The lowest BCUT2D eigenvalue weighted by Crippen LogP contribution is -2.59. The lowest BCUT2D eigenvalue weighted by atomic mass is 9.76. The van der Waals surface area contributed by atoms with Crippen LogP contribution in [-0.2, 0) is 4.79 Å². The first-order valence-electron chi connectivity index (χ1n) is 5.77. The highest BCUT2D eigenvalue weighted by atomic mass is 32.2. The predicted octanol–water partition coefficient (Wildman–Crippen LogP) is 2.15. The van der Waals surface area contributed by atoms with Gasteiger partial charge in [-0.15, -0.1) is 11.8 Å². The average molecular weight is 265 g/mol. The Bertz CT molecular complexity index is 466. The first kappa shape index (κ1) is 13.0. The molecule has 0 atom stereocenters. The van der Waals surface area contributed by atoms with E-state index in [1.807, 2.05) is 18.4 Å². The molecule has 0 saturated heterocycles. The molecule has 18 heavy (non-hydrogen) atoms. The van der Waals surface area contributed by atoms with Crippen molar-refractivity contribution in [3.8, 4) is 0 Å². The largest absolute Gasteiger partial charge is 0.480 e. The Hall–Kier alpha value is -1.49. The zero-order valence-corrected chi connectivity index (χ0v) is 10.9. The van der Waals surface area contributed by atoms with Crippen LogP contribution < -0.4 is 5.32 Å². The second-order valence-electron chi connectivity index (χ2n) is 4.42. The number of carboxylic acid groups (broad SMARTS) is 1. The summed E-state index contributed by atoms with van der Waals surface area (Å²) in [6.07, 6.45) is 3.83. The summed E-state index contributed by atoms with van der Waals surface area (Å²) in [6, 6.07) is 7.15. The number of hydrogen-bond acceptors (Lipinski definition) is 3. The smallest absolute Gasteiger partial charge is 0.329 e. The van der Waals surface area contributed by atoms with Gasteiger partial charge in [-0.05, 0) is 49.8 Å². The third-order valence-corrected chi connectivity index (χ3v) is 4.07. The van der Waals surface area contributed by atoms with E-state index in [4.69, 9.17) is 5.11 Å². The molecule has 2 N–H and O–H groups in total. The van der Waals surface area contributed by atoms with Crippen molar-refractivity contribution >= 4 is 23.6 Å². The van der Waals surface area contributed by atoms with Crippen LogP contribution in [0.25, 0.3) is 0 Å². The zero-order valence-electron chi connectivity index (χ0n) is 10.1. The molecule has 0 spiro atoms. The summed E-state index contributed by atoms with van der Waals surface area (Å²) in [5.41, 5.74) is -0.546. The number of aliphatic carboxylic acids is 1. The standard InChI is InChI=1S/C13H15NO3S/c1-18-10-5-3-9(4-6-10)11(15)14-13(12(16)17)7-2-8-13/h3-6H,2,7-8H2,1H3,(H,14,15)(H,16,17). The molecule has 1 aliphatic carbocycles. The number of thioether (sulfide) groups is 1. The second-order valence-corrected chi connectivity index (χ2v) is 5.30. The lowest BCUT2D eigenvalue weighted by molar-refractivity contribution is -0.148. The van der Waals surface area contributed by atoms with Crippen LogP contribution in [-0.4, -0.2) is 28.8 Å². The zero-order chi connectivity index (χ0) is 13.2. The fourth-order valence-electron chi connectivity index (χ4n) is 1.95. The van der Waals surface area contributed by atoms with Crippen LogP contribution in [0.1, 0.15) is 29.6 Å². The average Bonchev–Trinajstić information content (AvgIpc) is 2.33. The molecular weight excluding hydrogens is 250 g/mol. The van der Waals surface area contributed by atoms with Crippen LogP contribution in [0.2, 0.25) is 0 Å². The number of carboxylic acids is 1. The third kappa shape index (κ3) is 2.36. The molecule has 5 heteroatoms. The topological polar surface area (TPSA) is 66.4 Å². The van der Waals surface area contributed by atoms with Crippen molar-refractivity contribution in [2.75, 3.05) is 6.26 Å². The lowest BCUT2D eigenvalue weighted by Gasteiger charge is -2.38. The van der Waals surface area contributed by atoms with Crippen LogP contribution in [0.3, 0.4) is 0 Å². The second kappa shape index (κ2) is 5.02. The maximum Gasteiger partial charge on any atom is 0.329 e. The van der Waals surface area contributed by atoms with Crippen molar-refractivity contribution in [3.05, 3.63) is 29.8 Å². The van der Waals surface area contributed by atoms with Gasteiger partial charge in [-0.25, -0.2) is 4.79 Å². The van der Waals surface area contributed by atoms with Crippen molar-refractivity contribution in [3.63, 3.8) is 0 Å². The Labute approximate surface area is 110 Å². The van der Waals surface area contributed by atoms with Crippen molar-refractivity contribution in [2.45, 2.75) is 29.7 Å². The third-order valence-electron chi connectivity index (χ3n) is 3.32. The van der Waals surface area contributed by atoms with Crippen LogP contribution >= 0.6 is 11.8 Å². The maximum absolute atomic E-state index is 12.0. The molecule has 0 bridgehead atoms. The van der Waals surface area contributed by atoms with E-state index in [9.17, 15) is 9.59 Å². The van der Waals surface area contributed by atoms with Crippen LogP contribution in [0.15, 0.2) is 29.2 Å². The summed E-state index contributed by atoms with van der Waals surface area (Å²) in [7, 11) is 0. The summed E-state index contributed by atoms with van der Waals surface area (Å²) >= 11 is 1.60. The Balaban J connectivity index is 2.09. The highest BCUT2D eigenvalue weighted by Crippen LogP contribution is 2.32. The molecular formula is C13H15NO3S. The molecule has 0 aliphatic heterocycles. The molecule has 1 aromatic rings. The molecule has 1 fully saturated rings. The Morgan fingerprint density at radius 2 is 1.89 bits per heavy atom. The van der Waals surface area contributed by atoms with E-state index in [-0.39, 0.29) is 5.91 Å². The van der Waals surface area contributed by atoms with E-state index in [1.54, 1.807) is 23.9 Å². The van der Waals surface area contributed by atoms with E-state index in [2.05, 4.69) is 5.32 Å². The molecule has 1 amide bonds. The summed E-state index contributed by atoms with van der Waals surface area (Å²) < 4.78 is 0. The van der Waals surface area contributed by atoms with E-state index in [0.29, 0.717) is 18.4 Å². The van der Waals surface area contributed by atoms with E-state index in [0.717, 1.165) is 11.3 Å². The van der Waals surface area contributed by atoms with Gasteiger partial charge in [0.1, 0.15) is 5.54 Å². The Morgan fingerprint density at radius 1 is 1.28 bits per heavy atom. The van der Waals surface area contributed by atoms with Crippen LogP contribution in [0, 0.1) is 0 Å². The van der Waals surface area contributed by atoms with Gasteiger partial charge in [0.15, 0.2) is 0 Å². The van der Waals surface area contributed by atoms with Crippen LogP contribution in [0.4, 0.5) is 0 Å². The first-order valence-corrected chi connectivity index (χ1v) is 7.00. The Morgan fingerprint density at radius 3 is 2.28 bits per heavy atom. The van der Waals surface area contributed by atoms with E-state index >= 15 is 0 Å². The summed E-state index contributed by atoms with van der Waals surface area (Å²) in [6.45, 7) is 0. The number of carbonyl (C=O) groups excluding carboxylic acids is 1. The summed E-state index contributed by atoms with van der Waals surface area (Å²) in [4.78, 5) is 24.2. The quantitative estimate of drug-likeness (QED) is 0.819. The van der Waals surface area contributed by atoms with Crippen molar-refractivity contribution in [1.29, 1.82) is 0 Å². The fourth-order valence-corrected chi connectivity index (χ4v) is 2.36. The minimum atomic E-state index is -1.05. The van der Waals surface area contributed by atoms with Gasteiger partial charge in [0.25, 0.3) is 5.91 Å². The summed E-state index contributed by atoms with van der Waals surface area (Å²) in [5.74, 6) is -1.26. The SMILES string of the molecule is CSc1ccc(C(=O)NC2(C(=O)O)CCC2)cc1. The molecule has 1 aromatic carbocycles. The van der Waals surface area contributed by atoms with Crippen molar-refractivity contribution < 1.29 is 14.7 Å². The van der Waals surface area contributed by atoms with E-state index < -0.39 is 11.5 Å². The number of benzene rings is 1. The predicted molar refractivity (Wildman–Crippen MR) is 69.9 cm³/mol. The van der Waals surface area contributed by atoms with Gasteiger partial charge >= 0.3 is 5.97 Å². The normalized spacial score (nSPS) is 16.7. The van der Waals surface area contributed by atoms with Gasteiger partial charge in [-0.1, -0.05) is 0 Å². The fraction of sp³-hybridized carbons (Fsp3) is 0.385. The highest BCUT2D eigenvalue weighted by Gasteiger charge is 2.45. The molecule has 0 unspecified atom stereocenters. The molecule has 4 nitrogen and oxygen atoms in total. The maximum atomic E-state index is 12.0. The molecule has 0 aromatic heterocycles. The van der Waals surface area contributed by atoms with Gasteiger partial charge in [0, 0.05) is 10.5 Å². The molecule has 1 saturated carbocycles. The number of nitrogens with one attached hydrogen (secondary N) is 1. The summed E-state index contributed by atoms with van der Waals surface area (Å²) in [5, 5.41) is 11.8. The number of rotatable bonds is 4. The van der Waals surface area contributed by atoms with Gasteiger partial charge in [0.05, 0.1) is 0 Å². The van der Waals surface area contributed by atoms with Crippen LogP contribution in [0.5, 0.6) is 0 Å². The van der Waals surface area contributed by atoms with Crippen molar-refractivity contribution in [2.24, 2.45) is 0 Å². The molecule has 96 valence electrons. The molecule has 0 radical (unpaired) electrons. The monoisotopic (exact) mass is 265 g/mol. The van der Waals surface area contributed by atoms with E-state index in [1.165, 1.54) is 0 Å². The van der Waals surface area contributed by atoms with Gasteiger partial charge in [0.2, 0.25) is 0 Å². The minimum absolute atomic E-state index is 0.315. The Kier molecular flexibility index (Phi) is 3.61. The number of amides is 1.